The van der Waals surface area contributed by atoms with Gasteiger partial charge in [-0.15, -0.1) is 0 Å². The van der Waals surface area contributed by atoms with Crippen molar-refractivity contribution in [3.05, 3.63) is 30.2 Å². The summed E-state index contributed by atoms with van der Waals surface area (Å²) in [6.07, 6.45) is 7.54. The molecule has 158 valence electrons. The first kappa shape index (κ1) is 19.2. The van der Waals surface area contributed by atoms with Gasteiger partial charge in [-0.2, -0.15) is 0 Å². The second-order valence-electron chi connectivity index (χ2n) is 8.74. The van der Waals surface area contributed by atoms with Crippen LogP contribution in [0.25, 0.3) is 0 Å². The number of nitrogens with one attached hydrogen (secondary N) is 1. The summed E-state index contributed by atoms with van der Waals surface area (Å²) < 4.78 is 38.4. The number of imidazole rings is 2. The molecule has 3 saturated heterocycles. The van der Waals surface area contributed by atoms with E-state index >= 15 is 0 Å². The number of hydrogen-bond donors (Lipinski definition) is 1. The van der Waals surface area contributed by atoms with Crippen molar-refractivity contribution >= 4 is 10.0 Å². The third-order valence-corrected chi connectivity index (χ3v) is 8.31. The van der Waals surface area contributed by atoms with Crippen molar-refractivity contribution in [2.75, 3.05) is 19.6 Å². The second kappa shape index (κ2) is 6.63. The lowest BCUT2D eigenvalue weighted by Crippen LogP contribution is -2.41. The van der Waals surface area contributed by atoms with E-state index in [1.165, 1.54) is 0 Å². The van der Waals surface area contributed by atoms with Crippen LogP contribution in [0.4, 0.5) is 0 Å². The van der Waals surface area contributed by atoms with Gasteiger partial charge in [0.1, 0.15) is 11.6 Å². The molecule has 9 nitrogen and oxygen atoms in total. The van der Waals surface area contributed by atoms with Crippen molar-refractivity contribution in [1.82, 2.24) is 28.7 Å². The maximum atomic E-state index is 12.7. The Labute approximate surface area is 171 Å². The summed E-state index contributed by atoms with van der Waals surface area (Å²) in [5.74, 6) is 2.25. The molecule has 0 aromatic carbocycles. The fraction of sp³-hybridized carbons (Fsp3) is 0.684. The van der Waals surface area contributed by atoms with Gasteiger partial charge in [-0.3, -0.25) is 4.90 Å². The number of hydrogen-bond acceptors (Lipinski definition) is 6. The second-order valence-corrected chi connectivity index (χ2v) is 10.5. The van der Waals surface area contributed by atoms with E-state index in [4.69, 9.17) is 4.74 Å². The first-order valence-electron chi connectivity index (χ1n) is 10.1. The van der Waals surface area contributed by atoms with Gasteiger partial charge in [-0.25, -0.2) is 23.1 Å². The molecule has 4 atom stereocenters. The molecule has 0 saturated carbocycles. The maximum Gasteiger partial charge on any atom is 0.259 e. The van der Waals surface area contributed by atoms with Gasteiger partial charge in [0, 0.05) is 64.2 Å². The molecule has 0 amide bonds. The quantitative estimate of drug-likeness (QED) is 0.728. The molecule has 5 rings (SSSR count). The van der Waals surface area contributed by atoms with Crippen molar-refractivity contribution in [1.29, 1.82) is 0 Å². The molecule has 2 aromatic heterocycles. The van der Waals surface area contributed by atoms with Crippen LogP contribution in [0.3, 0.4) is 0 Å². The minimum atomic E-state index is -3.62. The molecule has 2 bridgehead atoms. The van der Waals surface area contributed by atoms with Gasteiger partial charge >= 0.3 is 0 Å². The van der Waals surface area contributed by atoms with E-state index in [9.17, 15) is 8.42 Å². The molecule has 2 aromatic rings. The monoisotopic (exact) mass is 420 g/mol. The van der Waals surface area contributed by atoms with Crippen molar-refractivity contribution in [3.63, 3.8) is 0 Å². The van der Waals surface area contributed by atoms with Crippen LogP contribution in [-0.2, 0) is 35.4 Å². The third kappa shape index (κ3) is 3.13. The van der Waals surface area contributed by atoms with Gasteiger partial charge in [-0.05, 0) is 19.8 Å². The number of aromatic nitrogens is 4. The molecule has 29 heavy (non-hydrogen) atoms. The van der Waals surface area contributed by atoms with Gasteiger partial charge in [0.2, 0.25) is 0 Å². The first-order valence-corrected chi connectivity index (χ1v) is 11.6. The van der Waals surface area contributed by atoms with Crippen LogP contribution in [0.15, 0.2) is 23.6 Å². The van der Waals surface area contributed by atoms with Gasteiger partial charge in [0.05, 0.1) is 18.2 Å². The molecule has 0 aliphatic carbocycles. The maximum absolute atomic E-state index is 12.7. The highest BCUT2D eigenvalue weighted by molar-refractivity contribution is 7.89. The van der Waals surface area contributed by atoms with Crippen molar-refractivity contribution in [3.8, 4) is 0 Å². The van der Waals surface area contributed by atoms with E-state index in [-0.39, 0.29) is 22.6 Å². The van der Waals surface area contributed by atoms with E-state index in [1.807, 2.05) is 24.0 Å². The fourth-order valence-corrected chi connectivity index (χ4v) is 6.47. The standard InChI is InChI=1S/C19H28N6O3S/c1-13-22-18(11-24(13)3)29(26,27)21-8-14-15-9-25(10-17-20-6-7-23(17)2)12-19(15)5-4-16(14)28-19/h6-7,11,14-16,21H,4-5,8-10,12H2,1-3H3/t14-,15+,16+,19+/m0/s1. The van der Waals surface area contributed by atoms with Gasteiger partial charge in [0.15, 0.2) is 5.03 Å². The molecular formula is C19H28N6O3S. The largest absolute Gasteiger partial charge is 0.370 e. The molecule has 0 unspecified atom stereocenters. The number of likely N-dealkylation sites (tertiary alicyclic amines) is 1. The summed E-state index contributed by atoms with van der Waals surface area (Å²) >= 11 is 0. The number of aryl methyl sites for hydroxylation is 3. The predicted octanol–water partition coefficient (Wildman–Crippen LogP) is 0.420. The lowest BCUT2D eigenvalue weighted by atomic mass is 9.74. The summed E-state index contributed by atoms with van der Waals surface area (Å²) in [6, 6.07) is 0. The van der Waals surface area contributed by atoms with Gasteiger partial charge in [0.25, 0.3) is 10.0 Å². The van der Waals surface area contributed by atoms with Crippen molar-refractivity contribution in [2.45, 2.75) is 43.0 Å². The average molecular weight is 421 g/mol. The Balaban J connectivity index is 1.29. The molecule has 0 radical (unpaired) electrons. The van der Waals surface area contributed by atoms with Crippen LogP contribution in [0.5, 0.6) is 0 Å². The molecule has 10 heteroatoms. The van der Waals surface area contributed by atoms with E-state index < -0.39 is 10.0 Å². The van der Waals surface area contributed by atoms with Crippen molar-refractivity contribution < 1.29 is 13.2 Å². The van der Waals surface area contributed by atoms with Gasteiger partial charge in [-0.1, -0.05) is 0 Å². The van der Waals surface area contributed by atoms with Crippen LogP contribution < -0.4 is 4.72 Å². The Bertz CT molecular complexity index is 1010. The Morgan fingerprint density at radius 2 is 2.17 bits per heavy atom. The van der Waals surface area contributed by atoms with Crippen molar-refractivity contribution in [2.24, 2.45) is 25.9 Å². The lowest BCUT2D eigenvalue weighted by molar-refractivity contribution is 0.00196. The summed E-state index contributed by atoms with van der Waals surface area (Å²) in [5, 5.41) is 0.0825. The Kier molecular flexibility index (Phi) is 4.39. The SMILES string of the molecule is Cc1nc(S(=O)(=O)NC[C@H]2[C@H]3CN(Cc4nccn4C)C[C@]34CC[C@H]2O4)cn1C. The Morgan fingerprint density at radius 1 is 1.34 bits per heavy atom. The number of nitrogens with zero attached hydrogens (tertiary/aromatic N) is 5. The zero-order valence-corrected chi connectivity index (χ0v) is 17.9. The molecule has 1 N–H and O–H groups in total. The number of fused-ring (bicyclic) bond motifs is 1. The first-order chi connectivity index (χ1) is 13.8. The molecule has 1 spiro atoms. The van der Waals surface area contributed by atoms with Crippen LogP contribution in [0, 0.1) is 18.8 Å². The van der Waals surface area contributed by atoms with Gasteiger partial charge < -0.3 is 13.9 Å². The normalized spacial score (nSPS) is 31.6. The zero-order valence-electron chi connectivity index (χ0n) is 17.1. The number of sulfonamides is 1. The topological polar surface area (TPSA) is 94.3 Å². The molecule has 3 aliphatic heterocycles. The Morgan fingerprint density at radius 3 is 2.86 bits per heavy atom. The van der Waals surface area contributed by atoms with E-state index in [0.29, 0.717) is 18.3 Å². The zero-order chi connectivity index (χ0) is 20.4. The average Bonchev–Trinajstić information content (AvgIpc) is 3.44. The van der Waals surface area contributed by atoms with E-state index in [1.54, 1.807) is 24.7 Å². The fourth-order valence-electron chi connectivity index (χ4n) is 5.36. The summed E-state index contributed by atoms with van der Waals surface area (Å²) in [5.41, 5.74) is -0.131. The highest BCUT2D eigenvalue weighted by Gasteiger charge is 2.62. The van der Waals surface area contributed by atoms with Crippen LogP contribution >= 0.6 is 0 Å². The minimum Gasteiger partial charge on any atom is -0.370 e. The van der Waals surface area contributed by atoms with E-state index in [2.05, 4.69) is 19.6 Å². The van der Waals surface area contributed by atoms with Crippen LogP contribution in [0.1, 0.15) is 24.5 Å². The molecule has 3 aliphatic rings. The third-order valence-electron chi connectivity index (χ3n) is 7.01. The smallest absolute Gasteiger partial charge is 0.259 e. The highest BCUT2D eigenvalue weighted by Crippen LogP contribution is 2.54. The summed E-state index contributed by atoms with van der Waals surface area (Å²) in [7, 11) is 0.184. The lowest BCUT2D eigenvalue weighted by Gasteiger charge is -2.29. The molecule has 3 fully saturated rings. The predicted molar refractivity (Wildman–Crippen MR) is 105 cm³/mol. The highest BCUT2D eigenvalue weighted by atomic mass is 32.2. The number of ether oxygens (including phenoxy) is 1. The molecular weight excluding hydrogens is 392 g/mol. The molecule has 5 heterocycles. The van der Waals surface area contributed by atoms with Crippen LogP contribution in [0.2, 0.25) is 0 Å². The number of rotatable bonds is 6. The van der Waals surface area contributed by atoms with Crippen LogP contribution in [-0.4, -0.2) is 63.8 Å². The summed E-state index contributed by atoms with van der Waals surface area (Å²) in [6.45, 7) is 4.79. The Hall–Kier alpha value is -1.75. The van der Waals surface area contributed by atoms with E-state index in [0.717, 1.165) is 38.3 Å². The minimum absolute atomic E-state index is 0.0825. The summed E-state index contributed by atoms with van der Waals surface area (Å²) in [4.78, 5) is 11.0.